The largest absolute Gasteiger partial charge is 0.469 e. The van der Waals surface area contributed by atoms with E-state index in [-0.39, 0.29) is 6.04 Å². The van der Waals surface area contributed by atoms with Gasteiger partial charge in [-0.2, -0.15) is 0 Å². The van der Waals surface area contributed by atoms with Crippen LogP contribution in [-0.4, -0.2) is 26.0 Å². The predicted octanol–water partition coefficient (Wildman–Crippen LogP) is 4.69. The number of thiophene rings is 1. The Balaban J connectivity index is 1.56. The highest BCUT2D eigenvalue weighted by Crippen LogP contribution is 2.32. The molecule has 0 bridgehead atoms. The van der Waals surface area contributed by atoms with Gasteiger partial charge in [0.2, 0.25) is 5.95 Å². The summed E-state index contributed by atoms with van der Waals surface area (Å²) in [5, 5.41) is 5.43. The Bertz CT molecular complexity index is 971. The van der Waals surface area contributed by atoms with Crippen LogP contribution in [0.2, 0.25) is 0 Å². The van der Waals surface area contributed by atoms with Crippen LogP contribution >= 0.6 is 11.3 Å². The maximum atomic E-state index is 5.40. The molecule has 4 heterocycles. The highest BCUT2D eigenvalue weighted by atomic mass is 32.1. The van der Waals surface area contributed by atoms with Crippen LogP contribution in [0.15, 0.2) is 65.1 Å². The third-order valence-corrected chi connectivity index (χ3v) is 5.04. The number of aromatic nitrogens is 4. The SMILES string of the molecule is CC(CCc1ccco1)Nc1ncc(-c2cnccn2)c(-c2cccs2)n1. The van der Waals surface area contributed by atoms with Gasteiger partial charge in [-0.05, 0) is 36.9 Å². The highest BCUT2D eigenvalue weighted by Gasteiger charge is 2.15. The van der Waals surface area contributed by atoms with E-state index < -0.39 is 0 Å². The van der Waals surface area contributed by atoms with Crippen molar-refractivity contribution in [1.82, 2.24) is 19.9 Å². The summed E-state index contributed by atoms with van der Waals surface area (Å²) in [5.41, 5.74) is 2.50. The van der Waals surface area contributed by atoms with Crippen molar-refractivity contribution in [3.63, 3.8) is 0 Å². The molecule has 1 unspecified atom stereocenters. The number of aryl methyl sites for hydroxylation is 1. The van der Waals surface area contributed by atoms with Crippen LogP contribution in [0.1, 0.15) is 19.1 Å². The van der Waals surface area contributed by atoms with Gasteiger partial charge in [-0.15, -0.1) is 11.3 Å². The topological polar surface area (TPSA) is 76.7 Å². The zero-order valence-corrected chi connectivity index (χ0v) is 15.7. The second-order valence-electron chi connectivity index (χ2n) is 6.19. The number of hydrogen-bond donors (Lipinski definition) is 1. The first-order valence-electron chi connectivity index (χ1n) is 8.76. The number of furan rings is 1. The molecule has 0 aliphatic carbocycles. The maximum absolute atomic E-state index is 5.40. The molecule has 4 rings (SSSR count). The van der Waals surface area contributed by atoms with E-state index in [2.05, 4.69) is 33.3 Å². The minimum atomic E-state index is 0.216. The van der Waals surface area contributed by atoms with Crippen molar-refractivity contribution in [2.45, 2.75) is 25.8 Å². The highest BCUT2D eigenvalue weighted by molar-refractivity contribution is 7.13. The number of nitrogens with zero attached hydrogens (tertiary/aromatic N) is 4. The van der Waals surface area contributed by atoms with Crippen LogP contribution in [0.25, 0.3) is 21.8 Å². The van der Waals surface area contributed by atoms with E-state index in [1.54, 1.807) is 36.2 Å². The van der Waals surface area contributed by atoms with Crippen molar-refractivity contribution in [3.05, 3.63) is 66.5 Å². The summed E-state index contributed by atoms with van der Waals surface area (Å²) in [6.45, 7) is 2.12. The molecule has 4 aromatic heterocycles. The average molecular weight is 377 g/mol. The summed E-state index contributed by atoms with van der Waals surface area (Å²) >= 11 is 1.64. The van der Waals surface area contributed by atoms with Crippen LogP contribution < -0.4 is 5.32 Å². The van der Waals surface area contributed by atoms with E-state index >= 15 is 0 Å². The molecule has 0 fully saturated rings. The summed E-state index contributed by atoms with van der Waals surface area (Å²) in [4.78, 5) is 18.9. The molecule has 27 heavy (non-hydrogen) atoms. The third kappa shape index (κ3) is 4.20. The first-order valence-corrected chi connectivity index (χ1v) is 9.64. The van der Waals surface area contributed by atoms with Gasteiger partial charge in [0.15, 0.2) is 0 Å². The number of nitrogens with one attached hydrogen (secondary N) is 1. The minimum Gasteiger partial charge on any atom is -0.469 e. The molecule has 4 aromatic rings. The van der Waals surface area contributed by atoms with Gasteiger partial charge >= 0.3 is 0 Å². The average Bonchev–Trinajstić information content (AvgIpc) is 3.41. The lowest BCUT2D eigenvalue weighted by atomic mass is 10.1. The summed E-state index contributed by atoms with van der Waals surface area (Å²) in [6, 6.07) is 8.19. The van der Waals surface area contributed by atoms with Crippen LogP contribution in [-0.2, 0) is 6.42 Å². The van der Waals surface area contributed by atoms with Crippen molar-refractivity contribution >= 4 is 17.3 Å². The van der Waals surface area contributed by atoms with E-state index in [1.165, 1.54) is 0 Å². The smallest absolute Gasteiger partial charge is 0.223 e. The van der Waals surface area contributed by atoms with E-state index in [1.807, 2.05) is 29.8 Å². The Morgan fingerprint density at radius 3 is 2.85 bits per heavy atom. The van der Waals surface area contributed by atoms with Gasteiger partial charge < -0.3 is 9.73 Å². The van der Waals surface area contributed by atoms with E-state index in [4.69, 9.17) is 9.40 Å². The number of rotatable bonds is 7. The number of hydrogen-bond acceptors (Lipinski definition) is 7. The Hall–Kier alpha value is -3.06. The quantitative estimate of drug-likeness (QED) is 0.503. The van der Waals surface area contributed by atoms with Crippen molar-refractivity contribution in [2.75, 3.05) is 5.32 Å². The summed E-state index contributed by atoms with van der Waals surface area (Å²) < 4.78 is 5.40. The van der Waals surface area contributed by atoms with Gasteiger partial charge in [0, 0.05) is 36.6 Å². The maximum Gasteiger partial charge on any atom is 0.223 e. The molecule has 1 atom stereocenters. The zero-order chi connectivity index (χ0) is 18.5. The van der Waals surface area contributed by atoms with Gasteiger partial charge in [-0.25, -0.2) is 9.97 Å². The lowest BCUT2D eigenvalue weighted by Crippen LogP contribution is -2.18. The molecule has 0 aromatic carbocycles. The van der Waals surface area contributed by atoms with Crippen molar-refractivity contribution in [2.24, 2.45) is 0 Å². The van der Waals surface area contributed by atoms with Gasteiger partial charge in [0.05, 0.1) is 28.7 Å². The molecule has 0 amide bonds. The Kier molecular flexibility index (Phi) is 5.20. The van der Waals surface area contributed by atoms with Gasteiger partial charge in [0.1, 0.15) is 5.76 Å². The minimum absolute atomic E-state index is 0.216. The standard InChI is InChI=1S/C20H19N5OS/c1-14(6-7-15-4-2-10-26-15)24-20-23-12-16(17-13-21-8-9-22-17)19(25-20)18-5-3-11-27-18/h2-5,8-14H,6-7H2,1H3,(H,23,24,25). The first-order chi connectivity index (χ1) is 13.3. The Morgan fingerprint density at radius 1 is 1.15 bits per heavy atom. The molecule has 0 aliphatic heterocycles. The molecule has 1 N–H and O–H groups in total. The second kappa shape index (κ2) is 8.09. The van der Waals surface area contributed by atoms with Crippen molar-refractivity contribution in [3.8, 4) is 21.8 Å². The van der Waals surface area contributed by atoms with E-state index in [0.29, 0.717) is 5.95 Å². The fourth-order valence-electron chi connectivity index (χ4n) is 2.78. The summed E-state index contributed by atoms with van der Waals surface area (Å²) in [5.74, 6) is 1.60. The molecule has 0 spiro atoms. The van der Waals surface area contributed by atoms with Crippen LogP contribution in [0.3, 0.4) is 0 Å². The molecule has 6 nitrogen and oxygen atoms in total. The second-order valence-corrected chi connectivity index (χ2v) is 7.13. The monoisotopic (exact) mass is 377 g/mol. The normalized spacial score (nSPS) is 12.0. The van der Waals surface area contributed by atoms with Crippen molar-refractivity contribution < 1.29 is 4.42 Å². The fourth-order valence-corrected chi connectivity index (χ4v) is 3.51. The molecule has 7 heteroatoms. The first kappa shape index (κ1) is 17.4. The van der Waals surface area contributed by atoms with Gasteiger partial charge in [-0.3, -0.25) is 9.97 Å². The molecular weight excluding hydrogens is 358 g/mol. The Labute approximate surface area is 161 Å². The Morgan fingerprint density at radius 2 is 2.11 bits per heavy atom. The van der Waals surface area contributed by atoms with Crippen LogP contribution in [0, 0.1) is 0 Å². The molecule has 136 valence electrons. The van der Waals surface area contributed by atoms with Gasteiger partial charge in [-0.1, -0.05) is 6.07 Å². The molecular formula is C20H19N5OS. The predicted molar refractivity (Wildman–Crippen MR) is 106 cm³/mol. The van der Waals surface area contributed by atoms with Crippen LogP contribution in [0.4, 0.5) is 5.95 Å². The molecule has 0 aliphatic rings. The fraction of sp³-hybridized carbons (Fsp3) is 0.200. The molecule has 0 radical (unpaired) electrons. The van der Waals surface area contributed by atoms with Crippen molar-refractivity contribution in [1.29, 1.82) is 0 Å². The van der Waals surface area contributed by atoms with Gasteiger partial charge in [0.25, 0.3) is 0 Å². The third-order valence-electron chi connectivity index (χ3n) is 4.16. The lowest BCUT2D eigenvalue weighted by Gasteiger charge is -2.15. The van der Waals surface area contributed by atoms with Crippen LogP contribution in [0.5, 0.6) is 0 Å². The summed E-state index contributed by atoms with van der Waals surface area (Å²) in [6.07, 6.45) is 10.4. The lowest BCUT2D eigenvalue weighted by molar-refractivity contribution is 0.494. The number of anilines is 1. The molecule has 0 saturated heterocycles. The molecule has 0 saturated carbocycles. The summed E-state index contributed by atoms with van der Waals surface area (Å²) in [7, 11) is 0. The van der Waals surface area contributed by atoms with E-state index in [0.717, 1.165) is 40.4 Å². The van der Waals surface area contributed by atoms with E-state index in [9.17, 15) is 0 Å². The zero-order valence-electron chi connectivity index (χ0n) is 14.9.